The maximum atomic E-state index is 7.71. The fourth-order valence-electron chi connectivity index (χ4n) is 10.4. The molecule has 0 unspecified atom stereocenters. The van der Waals surface area contributed by atoms with Crippen molar-refractivity contribution in [2.24, 2.45) is 5.41 Å². The van der Waals surface area contributed by atoms with Crippen molar-refractivity contribution in [2.45, 2.75) is 54.9 Å². The van der Waals surface area contributed by atoms with Gasteiger partial charge in [-0.25, -0.2) is 0 Å². The highest BCUT2D eigenvalue weighted by molar-refractivity contribution is 7.08. The van der Waals surface area contributed by atoms with E-state index in [0.29, 0.717) is 24.3 Å². The molecule has 6 nitrogen and oxygen atoms in total. The second-order valence-electron chi connectivity index (χ2n) is 21.2. The SMILES string of the molecule is CCC(COC(O[Si](c1ccccc1)(c1ccccc1)c1ccccc1)=C(C)C)(COC(O[Si](c1ccccc1)(c1ccccc1)c1ccccc1)=C(C)C)COC(O[Si](c1ccccc1)(c1ccccc1)c1ccccc1)=C(C)C. The van der Waals surface area contributed by atoms with Gasteiger partial charge in [0.05, 0.1) is 5.41 Å². The van der Waals surface area contributed by atoms with E-state index in [1.165, 1.54) is 0 Å². The zero-order valence-electron chi connectivity index (χ0n) is 47.8. The molecule has 410 valence electrons. The third-order valence-corrected chi connectivity index (χ3v) is 26.7. The van der Waals surface area contributed by atoms with Crippen LogP contribution in [0.15, 0.2) is 308 Å². The number of hydrogen-bond donors (Lipinski definition) is 0. The summed E-state index contributed by atoms with van der Waals surface area (Å²) in [6.45, 7) is 15.0. The van der Waals surface area contributed by atoms with Crippen LogP contribution in [0.3, 0.4) is 0 Å². The van der Waals surface area contributed by atoms with Crippen LogP contribution in [-0.4, -0.2) is 44.8 Å². The van der Waals surface area contributed by atoms with Gasteiger partial charge in [0.15, 0.2) is 0 Å². The van der Waals surface area contributed by atoms with Crippen molar-refractivity contribution < 1.29 is 27.5 Å². The van der Waals surface area contributed by atoms with E-state index in [-0.39, 0.29) is 19.8 Å². The fourth-order valence-corrected chi connectivity index (χ4v) is 22.1. The molecule has 0 saturated heterocycles. The van der Waals surface area contributed by atoms with Crippen molar-refractivity contribution in [1.82, 2.24) is 0 Å². The van der Waals surface area contributed by atoms with Crippen LogP contribution in [0.2, 0.25) is 0 Å². The Morgan fingerprint density at radius 2 is 0.407 bits per heavy atom. The van der Waals surface area contributed by atoms with E-state index in [1.807, 2.05) is 0 Å². The van der Waals surface area contributed by atoms with Gasteiger partial charge < -0.3 is 27.5 Å². The van der Waals surface area contributed by atoms with Crippen LogP contribution in [-0.2, 0) is 27.5 Å². The lowest BCUT2D eigenvalue weighted by Gasteiger charge is -2.39. The lowest BCUT2D eigenvalue weighted by atomic mass is 9.88. The highest BCUT2D eigenvalue weighted by Gasteiger charge is 2.49. The second-order valence-corrected chi connectivity index (χ2v) is 31.1. The molecule has 0 fully saturated rings. The number of allylic oxidation sites excluding steroid dienone is 3. The molecule has 0 spiro atoms. The zero-order valence-corrected chi connectivity index (χ0v) is 50.8. The molecule has 0 bridgehead atoms. The van der Waals surface area contributed by atoms with Gasteiger partial charge in [-0.05, 0) is 94.6 Å². The summed E-state index contributed by atoms with van der Waals surface area (Å²) in [5, 5.41) is 9.87. The summed E-state index contributed by atoms with van der Waals surface area (Å²) in [7, 11) is -9.89. The van der Waals surface area contributed by atoms with Gasteiger partial charge >= 0.3 is 25.0 Å². The molecule has 0 aliphatic heterocycles. The molecule has 0 radical (unpaired) electrons. The standard InChI is InChI=1S/C72H74O6Si3/c1-8-72(54-73-69(57(2)3)76-79(60-36-18-9-19-37-60,61-38-20-10-21-39-61)62-40-22-11-23-41-62,55-74-70(58(4)5)77-80(63-42-24-12-25-43-63,64-44-26-13-27-45-64)65-46-28-14-29-47-65)56-75-71(59(6)7)78-81(66-48-30-15-31-49-66,67-50-32-16-33-51-67)68-52-34-17-35-53-68/h9-53H,8,54-56H2,1-7H3. The average Bonchev–Trinajstić information content (AvgIpc) is 3.57. The van der Waals surface area contributed by atoms with Gasteiger partial charge in [-0.3, -0.25) is 0 Å². The van der Waals surface area contributed by atoms with E-state index < -0.39 is 30.4 Å². The van der Waals surface area contributed by atoms with Crippen molar-refractivity contribution in [3.8, 4) is 0 Å². The molecular weight excluding hydrogens is 1050 g/mol. The molecule has 0 atom stereocenters. The van der Waals surface area contributed by atoms with Gasteiger partial charge in [0.1, 0.15) is 19.8 Å². The minimum absolute atomic E-state index is 0.163. The summed E-state index contributed by atoms with van der Waals surface area (Å²) in [5.41, 5.74) is 1.87. The first-order chi connectivity index (χ1) is 39.5. The van der Waals surface area contributed by atoms with Gasteiger partial charge in [-0.2, -0.15) is 0 Å². The maximum Gasteiger partial charge on any atom is 0.350 e. The molecule has 9 aromatic carbocycles. The predicted octanol–water partition coefficient (Wildman–Crippen LogP) is 11.2. The molecule has 9 heteroatoms. The quantitative estimate of drug-likeness (QED) is 0.0323. The van der Waals surface area contributed by atoms with Crippen molar-refractivity contribution in [3.05, 3.63) is 308 Å². The average molecular weight is 1120 g/mol. The Labute approximate surface area is 484 Å². The topological polar surface area (TPSA) is 55.4 Å². The Kier molecular flexibility index (Phi) is 18.9. The van der Waals surface area contributed by atoms with Crippen molar-refractivity contribution >= 4 is 71.6 Å². The molecule has 9 aromatic rings. The van der Waals surface area contributed by atoms with Crippen LogP contribution in [0, 0.1) is 5.41 Å². The summed E-state index contributed by atoms with van der Waals surface area (Å²) >= 11 is 0. The molecule has 0 saturated carbocycles. The van der Waals surface area contributed by atoms with E-state index in [4.69, 9.17) is 27.5 Å². The normalized spacial score (nSPS) is 11.6. The van der Waals surface area contributed by atoms with Crippen LogP contribution in [0.1, 0.15) is 54.9 Å². The lowest BCUT2D eigenvalue weighted by Crippen LogP contribution is -2.69. The van der Waals surface area contributed by atoms with Gasteiger partial charge in [-0.1, -0.05) is 280 Å². The summed E-state index contributed by atoms with van der Waals surface area (Å²) < 4.78 is 45.1. The van der Waals surface area contributed by atoms with E-state index in [1.54, 1.807) is 0 Å². The first kappa shape index (κ1) is 57.3. The lowest BCUT2D eigenvalue weighted by molar-refractivity contribution is -0.0713. The number of benzene rings is 9. The largest absolute Gasteiger partial charge is 0.505 e. The predicted molar refractivity (Wildman–Crippen MR) is 341 cm³/mol. The molecule has 81 heavy (non-hydrogen) atoms. The first-order valence-electron chi connectivity index (χ1n) is 28.0. The van der Waals surface area contributed by atoms with E-state index >= 15 is 0 Å². The molecule has 0 aliphatic rings. The zero-order chi connectivity index (χ0) is 56.6. The number of hydrogen-bond acceptors (Lipinski definition) is 6. The van der Waals surface area contributed by atoms with Crippen LogP contribution < -0.4 is 46.7 Å². The van der Waals surface area contributed by atoms with Crippen molar-refractivity contribution in [1.29, 1.82) is 0 Å². The van der Waals surface area contributed by atoms with Crippen molar-refractivity contribution in [3.63, 3.8) is 0 Å². The second kappa shape index (κ2) is 26.7. The molecule has 0 amide bonds. The minimum Gasteiger partial charge on any atom is -0.505 e. The third-order valence-electron chi connectivity index (χ3n) is 14.9. The number of rotatable bonds is 25. The van der Waals surface area contributed by atoms with Crippen LogP contribution in [0.25, 0.3) is 0 Å². The summed E-state index contributed by atoms with van der Waals surface area (Å²) in [4.78, 5) is 0. The summed E-state index contributed by atoms with van der Waals surface area (Å²) in [6.07, 6.45) is 0.588. The number of ether oxygens (including phenoxy) is 3. The van der Waals surface area contributed by atoms with E-state index in [2.05, 4.69) is 321 Å². The van der Waals surface area contributed by atoms with Crippen LogP contribution in [0.4, 0.5) is 0 Å². The van der Waals surface area contributed by atoms with Crippen molar-refractivity contribution in [2.75, 3.05) is 19.8 Å². The molecule has 0 aromatic heterocycles. The van der Waals surface area contributed by atoms with Crippen LogP contribution in [0.5, 0.6) is 0 Å². The van der Waals surface area contributed by atoms with E-state index in [0.717, 1.165) is 63.4 Å². The Morgan fingerprint density at radius 3 is 0.531 bits per heavy atom. The first-order valence-corrected chi connectivity index (χ1v) is 33.7. The van der Waals surface area contributed by atoms with Gasteiger partial charge in [-0.15, -0.1) is 0 Å². The Hall–Kier alpha value is -8.35. The Morgan fingerprint density at radius 1 is 0.259 bits per heavy atom. The summed E-state index contributed by atoms with van der Waals surface area (Å²) in [6, 6.07) is 95.4. The third kappa shape index (κ3) is 12.7. The highest BCUT2D eigenvalue weighted by atomic mass is 28.4. The smallest absolute Gasteiger partial charge is 0.350 e. The molecule has 0 aliphatic carbocycles. The molecule has 0 heterocycles. The highest BCUT2D eigenvalue weighted by Crippen LogP contribution is 2.32. The summed E-state index contributed by atoms with van der Waals surface area (Å²) in [5.74, 6) is 1.38. The van der Waals surface area contributed by atoms with Gasteiger partial charge in [0.25, 0.3) is 17.8 Å². The Balaban J connectivity index is 1.14. The minimum atomic E-state index is -3.30. The molecule has 0 N–H and O–H groups in total. The monoisotopic (exact) mass is 1120 g/mol. The molecule has 9 rings (SSSR count). The van der Waals surface area contributed by atoms with Crippen LogP contribution >= 0.6 is 0 Å². The van der Waals surface area contributed by atoms with Gasteiger partial charge in [0, 0.05) is 16.7 Å². The maximum absolute atomic E-state index is 7.71. The van der Waals surface area contributed by atoms with E-state index in [9.17, 15) is 0 Å². The Bertz CT molecular complexity index is 2800. The van der Waals surface area contributed by atoms with Gasteiger partial charge in [0.2, 0.25) is 0 Å². The fraction of sp³-hybridized carbons (Fsp3) is 0.167. The molecular formula is C72H74O6Si3.